The largest absolute Gasteiger partial charge is 0.417 e. The number of pyridine rings is 1. The van der Waals surface area contributed by atoms with E-state index in [-0.39, 0.29) is 13.1 Å². The monoisotopic (exact) mass is 250 g/mol. The first kappa shape index (κ1) is 13.7. The summed E-state index contributed by atoms with van der Waals surface area (Å²) >= 11 is 0. The maximum absolute atomic E-state index is 12.4. The van der Waals surface area contributed by atoms with Crippen LogP contribution in [0, 0.1) is 0 Å². The molecule has 1 aromatic heterocycles. The number of aromatic nitrogens is 1. The molecule has 0 saturated heterocycles. The maximum atomic E-state index is 12.4. The van der Waals surface area contributed by atoms with Gasteiger partial charge in [0.1, 0.15) is 0 Å². The normalized spacial score (nSPS) is 13.7. The van der Waals surface area contributed by atoms with E-state index in [0.29, 0.717) is 6.20 Å². The van der Waals surface area contributed by atoms with Gasteiger partial charge in [-0.15, -0.1) is 0 Å². The fourth-order valence-corrected chi connectivity index (χ4v) is 1.37. The van der Waals surface area contributed by atoms with Crippen molar-refractivity contribution in [2.24, 2.45) is 0 Å². The summed E-state index contributed by atoms with van der Waals surface area (Å²) in [5, 5.41) is 12.1. The molecule has 96 valence electrons. The third kappa shape index (κ3) is 3.86. The molecule has 0 bridgehead atoms. The van der Waals surface area contributed by atoms with E-state index in [4.69, 9.17) is 0 Å². The van der Waals surface area contributed by atoms with Crippen LogP contribution >= 0.6 is 0 Å². The van der Waals surface area contributed by atoms with Crippen LogP contribution in [-0.4, -0.2) is 29.4 Å². The van der Waals surface area contributed by atoms with Crippen molar-refractivity contribution in [3.8, 4) is 0 Å². The lowest BCUT2D eigenvalue weighted by Crippen LogP contribution is -2.32. The van der Waals surface area contributed by atoms with Crippen molar-refractivity contribution in [3.05, 3.63) is 34.2 Å². The summed E-state index contributed by atoms with van der Waals surface area (Å²) in [6, 6.07) is 1.57. The Morgan fingerprint density at radius 2 is 2.12 bits per heavy atom. The second kappa shape index (κ2) is 5.33. The first-order valence-electron chi connectivity index (χ1n) is 4.95. The SMILES string of the molecule is CNCC(O)Cn1cc(C(F)(F)F)ccc1=O. The second-order valence-electron chi connectivity index (χ2n) is 3.62. The van der Waals surface area contributed by atoms with Crippen molar-refractivity contribution >= 4 is 0 Å². The van der Waals surface area contributed by atoms with Crippen molar-refractivity contribution in [2.45, 2.75) is 18.8 Å². The molecular formula is C10H13F3N2O2. The summed E-state index contributed by atoms with van der Waals surface area (Å²) in [4.78, 5) is 11.3. The van der Waals surface area contributed by atoms with E-state index in [9.17, 15) is 23.1 Å². The highest BCUT2D eigenvalue weighted by atomic mass is 19.4. The molecule has 0 spiro atoms. The lowest BCUT2D eigenvalue weighted by Gasteiger charge is -2.14. The quantitative estimate of drug-likeness (QED) is 0.815. The van der Waals surface area contributed by atoms with Crippen LogP contribution in [0.5, 0.6) is 0 Å². The number of nitrogens with zero attached hydrogens (tertiary/aromatic N) is 1. The van der Waals surface area contributed by atoms with Crippen LogP contribution in [-0.2, 0) is 12.7 Å². The predicted octanol–water partition coefficient (Wildman–Crippen LogP) is 0.447. The minimum absolute atomic E-state index is 0.177. The molecule has 0 aliphatic heterocycles. The van der Waals surface area contributed by atoms with Crippen molar-refractivity contribution in [3.63, 3.8) is 0 Å². The molecule has 1 atom stereocenters. The van der Waals surface area contributed by atoms with Crippen molar-refractivity contribution in [2.75, 3.05) is 13.6 Å². The molecule has 17 heavy (non-hydrogen) atoms. The summed E-state index contributed by atoms with van der Waals surface area (Å²) in [6.07, 6.45) is -4.70. The highest BCUT2D eigenvalue weighted by molar-refractivity contribution is 5.13. The molecule has 1 aromatic rings. The molecule has 0 aromatic carbocycles. The third-order valence-electron chi connectivity index (χ3n) is 2.16. The topological polar surface area (TPSA) is 54.3 Å². The van der Waals surface area contributed by atoms with E-state index in [1.807, 2.05) is 0 Å². The van der Waals surface area contributed by atoms with E-state index in [1.54, 1.807) is 7.05 Å². The van der Waals surface area contributed by atoms with Gasteiger partial charge in [0.2, 0.25) is 0 Å². The molecule has 0 aliphatic carbocycles. The average Bonchev–Trinajstić information content (AvgIpc) is 2.20. The Labute approximate surface area is 95.7 Å². The molecule has 0 aliphatic rings. The van der Waals surface area contributed by atoms with Crippen LogP contribution in [0.2, 0.25) is 0 Å². The molecule has 0 amide bonds. The van der Waals surface area contributed by atoms with Crippen molar-refractivity contribution < 1.29 is 18.3 Å². The van der Waals surface area contributed by atoms with Gasteiger partial charge in [-0.3, -0.25) is 4.79 Å². The van der Waals surface area contributed by atoms with Crippen LogP contribution in [0.3, 0.4) is 0 Å². The number of aliphatic hydroxyl groups excluding tert-OH is 1. The van der Waals surface area contributed by atoms with Gasteiger partial charge in [0.25, 0.3) is 5.56 Å². The Morgan fingerprint density at radius 3 is 2.65 bits per heavy atom. The predicted molar refractivity (Wildman–Crippen MR) is 55.6 cm³/mol. The van der Waals surface area contributed by atoms with Gasteiger partial charge >= 0.3 is 6.18 Å². The fraction of sp³-hybridized carbons (Fsp3) is 0.500. The Hall–Kier alpha value is -1.34. The number of hydrogen-bond acceptors (Lipinski definition) is 3. The van der Waals surface area contributed by atoms with Crippen LogP contribution in [0.1, 0.15) is 5.56 Å². The van der Waals surface area contributed by atoms with Gasteiger partial charge < -0.3 is 15.0 Å². The maximum Gasteiger partial charge on any atom is 0.417 e. The highest BCUT2D eigenvalue weighted by Gasteiger charge is 2.31. The number of hydrogen-bond donors (Lipinski definition) is 2. The zero-order valence-corrected chi connectivity index (χ0v) is 9.16. The number of nitrogens with one attached hydrogen (secondary N) is 1. The molecule has 7 heteroatoms. The lowest BCUT2D eigenvalue weighted by molar-refractivity contribution is -0.138. The number of likely N-dealkylation sites (N-methyl/N-ethyl adjacent to an activating group) is 1. The number of aliphatic hydroxyl groups is 1. The van der Waals surface area contributed by atoms with Crippen LogP contribution in [0.4, 0.5) is 13.2 Å². The zero-order valence-electron chi connectivity index (χ0n) is 9.16. The van der Waals surface area contributed by atoms with Crippen molar-refractivity contribution in [1.82, 2.24) is 9.88 Å². The molecule has 0 radical (unpaired) electrons. The van der Waals surface area contributed by atoms with Crippen molar-refractivity contribution in [1.29, 1.82) is 0 Å². The lowest BCUT2D eigenvalue weighted by atomic mass is 10.2. The van der Waals surface area contributed by atoms with E-state index in [0.717, 1.165) is 16.7 Å². The molecule has 0 saturated carbocycles. The Kier molecular flexibility index (Phi) is 4.30. The van der Waals surface area contributed by atoms with Gasteiger partial charge in [-0.05, 0) is 13.1 Å². The van der Waals surface area contributed by atoms with E-state index in [1.165, 1.54) is 0 Å². The smallest absolute Gasteiger partial charge is 0.390 e. The first-order chi connectivity index (χ1) is 7.84. The number of rotatable bonds is 4. The Balaban J connectivity index is 2.95. The van der Waals surface area contributed by atoms with E-state index < -0.39 is 23.4 Å². The molecular weight excluding hydrogens is 237 g/mol. The Bertz CT molecular complexity index is 428. The Morgan fingerprint density at radius 1 is 1.47 bits per heavy atom. The number of halogens is 3. The number of alkyl halides is 3. The van der Waals surface area contributed by atoms with Gasteiger partial charge in [0.15, 0.2) is 0 Å². The van der Waals surface area contributed by atoms with E-state index >= 15 is 0 Å². The van der Waals surface area contributed by atoms with Crippen LogP contribution in [0.25, 0.3) is 0 Å². The van der Waals surface area contributed by atoms with Gasteiger partial charge in [-0.2, -0.15) is 13.2 Å². The van der Waals surface area contributed by atoms with Gasteiger partial charge in [-0.1, -0.05) is 0 Å². The zero-order chi connectivity index (χ0) is 13.1. The van der Waals surface area contributed by atoms with E-state index in [2.05, 4.69) is 5.32 Å². The van der Waals surface area contributed by atoms with Gasteiger partial charge in [0.05, 0.1) is 18.2 Å². The second-order valence-corrected chi connectivity index (χ2v) is 3.62. The summed E-state index contributed by atoms with van der Waals surface area (Å²) in [5.74, 6) is 0. The molecule has 4 nitrogen and oxygen atoms in total. The summed E-state index contributed by atoms with van der Waals surface area (Å²) in [7, 11) is 1.60. The molecule has 1 rings (SSSR count). The van der Waals surface area contributed by atoms with Crippen LogP contribution < -0.4 is 10.9 Å². The molecule has 2 N–H and O–H groups in total. The average molecular weight is 250 g/mol. The summed E-state index contributed by atoms with van der Waals surface area (Å²) < 4.78 is 38.0. The minimum atomic E-state index is -4.50. The fourth-order valence-electron chi connectivity index (χ4n) is 1.37. The van der Waals surface area contributed by atoms with Crippen LogP contribution in [0.15, 0.2) is 23.1 Å². The minimum Gasteiger partial charge on any atom is -0.390 e. The third-order valence-corrected chi connectivity index (χ3v) is 2.16. The van der Waals surface area contributed by atoms with Gasteiger partial charge in [0, 0.05) is 18.8 Å². The molecule has 1 unspecified atom stereocenters. The van der Waals surface area contributed by atoms with Gasteiger partial charge in [-0.25, -0.2) is 0 Å². The summed E-state index contributed by atoms with van der Waals surface area (Å²) in [5.41, 5.74) is -1.48. The molecule has 1 heterocycles. The summed E-state index contributed by atoms with van der Waals surface area (Å²) in [6.45, 7) is 0.0201. The standard InChI is InChI=1S/C10H13F3N2O2/c1-14-4-8(16)6-15-5-7(10(11,12)13)2-3-9(15)17/h2-3,5,8,14,16H,4,6H2,1H3. The first-order valence-corrected chi connectivity index (χ1v) is 4.95. The highest BCUT2D eigenvalue weighted by Crippen LogP contribution is 2.27. The molecule has 0 fully saturated rings.